The molecule has 1 atom stereocenters. The van der Waals surface area contributed by atoms with Crippen LogP contribution in [0.4, 0.5) is 4.39 Å². The molecular weight excluding hydrogens is 453 g/mol. The Kier molecular flexibility index (Phi) is 7.66. The summed E-state index contributed by atoms with van der Waals surface area (Å²) in [6.07, 6.45) is 0.471. The second-order valence-corrected chi connectivity index (χ2v) is 9.50. The summed E-state index contributed by atoms with van der Waals surface area (Å²) in [4.78, 5) is 11.8. The number of benzene rings is 3. The molecule has 32 heavy (non-hydrogen) atoms. The van der Waals surface area contributed by atoms with E-state index in [0.717, 1.165) is 0 Å². The molecule has 3 rings (SSSR count). The molecule has 0 saturated carbocycles. The SMILES string of the molecule is CCC(c1ccc(F)cc1)N(Cc1ccc(C(=O)OC)cc1)S(=O)(=O)c1ccc(Cl)cc1. The fraction of sp³-hybridized carbons (Fsp3) is 0.208. The van der Waals surface area contributed by atoms with Gasteiger partial charge >= 0.3 is 5.97 Å². The first-order valence-corrected chi connectivity index (χ1v) is 11.8. The maximum absolute atomic E-state index is 13.6. The number of hydrogen-bond acceptors (Lipinski definition) is 4. The Bertz CT molecular complexity index is 1160. The molecule has 1 unspecified atom stereocenters. The van der Waals surface area contributed by atoms with E-state index in [2.05, 4.69) is 0 Å². The molecule has 0 N–H and O–H groups in total. The fourth-order valence-corrected chi connectivity index (χ4v) is 5.24. The van der Waals surface area contributed by atoms with Crippen molar-refractivity contribution in [1.29, 1.82) is 0 Å². The molecule has 8 heteroatoms. The van der Waals surface area contributed by atoms with Crippen LogP contribution < -0.4 is 0 Å². The number of nitrogens with zero attached hydrogens (tertiary/aromatic N) is 1. The average Bonchev–Trinajstić information content (AvgIpc) is 2.80. The van der Waals surface area contributed by atoms with Crippen LogP contribution in [0.2, 0.25) is 5.02 Å². The fourth-order valence-electron chi connectivity index (χ4n) is 3.44. The molecule has 0 bridgehead atoms. The molecule has 0 aliphatic heterocycles. The molecule has 0 aliphatic rings. The van der Waals surface area contributed by atoms with E-state index in [4.69, 9.17) is 16.3 Å². The summed E-state index contributed by atoms with van der Waals surface area (Å²) in [7, 11) is -2.63. The highest BCUT2D eigenvalue weighted by Crippen LogP contribution is 2.32. The third-order valence-electron chi connectivity index (χ3n) is 5.12. The van der Waals surface area contributed by atoms with Crippen molar-refractivity contribution in [2.45, 2.75) is 30.8 Å². The lowest BCUT2D eigenvalue weighted by Gasteiger charge is -2.31. The van der Waals surface area contributed by atoms with Crippen molar-refractivity contribution in [3.8, 4) is 0 Å². The van der Waals surface area contributed by atoms with Gasteiger partial charge in [-0.3, -0.25) is 0 Å². The topological polar surface area (TPSA) is 63.7 Å². The van der Waals surface area contributed by atoms with Crippen molar-refractivity contribution >= 4 is 27.6 Å². The van der Waals surface area contributed by atoms with Crippen molar-refractivity contribution in [2.75, 3.05) is 7.11 Å². The summed E-state index contributed by atoms with van der Waals surface area (Å²) < 4.78 is 46.9. The molecule has 0 heterocycles. The standard InChI is InChI=1S/C24H23ClFNO4S/c1-3-23(18-8-12-21(26)13-9-18)27(32(29,30)22-14-10-20(25)11-15-22)16-17-4-6-19(7-5-17)24(28)31-2/h4-15,23H,3,16H2,1-2H3. The third kappa shape index (κ3) is 5.35. The summed E-state index contributed by atoms with van der Waals surface area (Å²) in [6.45, 7) is 1.93. The Labute approximate surface area is 192 Å². The van der Waals surface area contributed by atoms with E-state index >= 15 is 0 Å². The van der Waals surface area contributed by atoms with E-state index in [-0.39, 0.29) is 11.4 Å². The Morgan fingerprint density at radius 3 is 2.12 bits per heavy atom. The summed E-state index contributed by atoms with van der Waals surface area (Å²) in [6, 6.07) is 17.8. The molecule has 0 radical (unpaired) electrons. The maximum Gasteiger partial charge on any atom is 0.337 e. The van der Waals surface area contributed by atoms with Gasteiger partial charge in [0, 0.05) is 11.6 Å². The van der Waals surface area contributed by atoms with Crippen LogP contribution in [0.5, 0.6) is 0 Å². The molecule has 5 nitrogen and oxygen atoms in total. The van der Waals surface area contributed by atoms with E-state index in [0.29, 0.717) is 28.1 Å². The van der Waals surface area contributed by atoms with Gasteiger partial charge in [0.1, 0.15) is 5.82 Å². The van der Waals surface area contributed by atoms with Gasteiger partial charge in [-0.05, 0) is 66.1 Å². The van der Waals surface area contributed by atoms with Gasteiger partial charge in [0.05, 0.1) is 23.6 Å². The van der Waals surface area contributed by atoms with Gasteiger partial charge in [0.25, 0.3) is 0 Å². The Morgan fingerprint density at radius 2 is 1.59 bits per heavy atom. The molecule has 0 amide bonds. The summed E-state index contributed by atoms with van der Waals surface area (Å²) in [5, 5.41) is 0.430. The van der Waals surface area contributed by atoms with Crippen LogP contribution in [-0.4, -0.2) is 25.8 Å². The predicted molar refractivity (Wildman–Crippen MR) is 121 cm³/mol. The Hall–Kier alpha value is -2.74. The van der Waals surface area contributed by atoms with Gasteiger partial charge in [-0.1, -0.05) is 42.8 Å². The van der Waals surface area contributed by atoms with Gasteiger partial charge in [-0.2, -0.15) is 4.31 Å². The molecule has 3 aromatic carbocycles. The molecule has 0 saturated heterocycles. The smallest absolute Gasteiger partial charge is 0.337 e. The molecule has 0 aromatic heterocycles. The zero-order valence-corrected chi connectivity index (χ0v) is 19.2. The minimum Gasteiger partial charge on any atom is -0.465 e. The van der Waals surface area contributed by atoms with E-state index in [1.807, 2.05) is 6.92 Å². The van der Waals surface area contributed by atoms with Gasteiger partial charge in [0.15, 0.2) is 0 Å². The summed E-state index contributed by atoms with van der Waals surface area (Å²) in [5.74, 6) is -0.867. The highest BCUT2D eigenvalue weighted by molar-refractivity contribution is 7.89. The first kappa shape index (κ1) is 23.9. The minimum atomic E-state index is -3.93. The second kappa shape index (κ2) is 10.3. The second-order valence-electron chi connectivity index (χ2n) is 7.17. The number of esters is 1. The average molecular weight is 476 g/mol. The van der Waals surface area contributed by atoms with E-state index in [9.17, 15) is 17.6 Å². The van der Waals surface area contributed by atoms with Crippen molar-refractivity contribution in [3.05, 3.63) is 100 Å². The molecule has 3 aromatic rings. The van der Waals surface area contributed by atoms with Gasteiger partial charge in [0.2, 0.25) is 10.0 Å². The molecule has 0 spiro atoms. The first-order valence-electron chi connectivity index (χ1n) is 9.96. The quantitative estimate of drug-likeness (QED) is 0.397. The molecular formula is C24H23ClFNO4S. The van der Waals surface area contributed by atoms with Crippen LogP contribution in [0.25, 0.3) is 0 Å². The number of methoxy groups -OCH3 is 1. The largest absolute Gasteiger partial charge is 0.465 e. The lowest BCUT2D eigenvalue weighted by Crippen LogP contribution is -2.34. The number of rotatable bonds is 8. The van der Waals surface area contributed by atoms with Crippen LogP contribution in [0.3, 0.4) is 0 Å². The lowest BCUT2D eigenvalue weighted by atomic mass is 10.0. The highest BCUT2D eigenvalue weighted by atomic mass is 35.5. The van der Waals surface area contributed by atoms with Crippen molar-refractivity contribution in [1.82, 2.24) is 4.31 Å². The van der Waals surface area contributed by atoms with Crippen molar-refractivity contribution in [2.24, 2.45) is 0 Å². The van der Waals surface area contributed by atoms with Crippen LogP contribution in [0.15, 0.2) is 77.7 Å². The highest BCUT2D eigenvalue weighted by Gasteiger charge is 2.32. The zero-order chi connectivity index (χ0) is 23.3. The Balaban J connectivity index is 2.04. The molecule has 0 fully saturated rings. The number of hydrogen-bond donors (Lipinski definition) is 0. The number of ether oxygens (including phenoxy) is 1. The number of carbonyl (C=O) groups excluding carboxylic acids is 1. The molecule has 168 valence electrons. The zero-order valence-electron chi connectivity index (χ0n) is 17.7. The van der Waals surface area contributed by atoms with Crippen LogP contribution >= 0.6 is 11.6 Å². The van der Waals surface area contributed by atoms with E-state index < -0.39 is 27.9 Å². The lowest BCUT2D eigenvalue weighted by molar-refractivity contribution is 0.0600. The van der Waals surface area contributed by atoms with E-state index in [1.165, 1.54) is 47.8 Å². The van der Waals surface area contributed by atoms with Crippen LogP contribution in [0.1, 0.15) is 40.9 Å². The molecule has 0 aliphatic carbocycles. The van der Waals surface area contributed by atoms with Gasteiger partial charge in [-0.15, -0.1) is 0 Å². The summed E-state index contributed by atoms with van der Waals surface area (Å²) >= 11 is 5.94. The van der Waals surface area contributed by atoms with Gasteiger partial charge < -0.3 is 4.74 Å². The van der Waals surface area contributed by atoms with Gasteiger partial charge in [-0.25, -0.2) is 17.6 Å². The van der Waals surface area contributed by atoms with Crippen molar-refractivity contribution in [3.63, 3.8) is 0 Å². The van der Waals surface area contributed by atoms with Crippen molar-refractivity contribution < 1.29 is 22.3 Å². The maximum atomic E-state index is 13.6. The monoisotopic (exact) mass is 475 g/mol. The van der Waals surface area contributed by atoms with Crippen LogP contribution in [0, 0.1) is 5.82 Å². The van der Waals surface area contributed by atoms with E-state index in [1.54, 1.807) is 36.4 Å². The third-order valence-corrected chi connectivity index (χ3v) is 7.24. The normalized spacial score (nSPS) is 12.5. The first-order chi connectivity index (χ1) is 15.3. The minimum absolute atomic E-state index is 0.0578. The predicted octanol–water partition coefficient (Wildman–Crippen LogP) is 5.61. The summed E-state index contributed by atoms with van der Waals surface area (Å²) in [5.41, 5.74) is 1.74. The number of halogens is 2. The van der Waals surface area contributed by atoms with Crippen LogP contribution in [-0.2, 0) is 21.3 Å². The number of carbonyl (C=O) groups is 1. The Morgan fingerprint density at radius 1 is 1.00 bits per heavy atom. The number of sulfonamides is 1.